The SMILES string of the molecule is CCCP(CCC)[C]12[CH]3[CH]4[CH]5[C]1(P(CCC)CCC)[Ti]43521678[CH]2[CH]1[CH]6[CH]7[CH]28. The Balaban J connectivity index is 1.32. The first-order valence-corrected chi connectivity index (χ1v) is 24.7. The molecule has 4 atom stereocenters. The summed E-state index contributed by atoms with van der Waals surface area (Å²) >= 11 is 0. The first kappa shape index (κ1) is 13.7. The Morgan fingerprint density at radius 3 is 1.08 bits per heavy atom. The molecule has 0 aliphatic carbocycles. The molecule has 10 aliphatic rings. The molecule has 10 aliphatic heterocycles. The fourth-order valence-electron chi connectivity index (χ4n) is 28.2. The van der Waals surface area contributed by atoms with Gasteiger partial charge in [-0.3, -0.25) is 0 Å². The van der Waals surface area contributed by atoms with Gasteiger partial charge in [0.25, 0.3) is 0 Å². The second-order valence-electron chi connectivity index (χ2n) is 16.7. The maximum atomic E-state index is 2.53. The van der Waals surface area contributed by atoms with Crippen LogP contribution >= 0.6 is 15.8 Å². The monoisotopic (exact) mass is 410 g/mol. The second-order valence-corrected chi connectivity index (χ2v) is 56.2. The van der Waals surface area contributed by atoms with Gasteiger partial charge in [-0.15, -0.1) is 0 Å². The number of rotatable bonds is 10. The van der Waals surface area contributed by atoms with Gasteiger partial charge in [0.05, 0.1) is 0 Å². The molecule has 10 saturated heterocycles. The first-order chi connectivity index (χ1) is 12.0. The van der Waals surface area contributed by atoms with E-state index in [1.807, 2.05) is 0 Å². The van der Waals surface area contributed by atoms with Crippen LogP contribution < -0.4 is 0 Å². The van der Waals surface area contributed by atoms with Gasteiger partial charge in [0.2, 0.25) is 0 Å². The molecule has 25 heavy (non-hydrogen) atoms. The Bertz CT molecular complexity index is 1020. The van der Waals surface area contributed by atoms with Gasteiger partial charge in [-0.2, -0.15) is 0 Å². The summed E-state index contributed by atoms with van der Waals surface area (Å²) in [4.78, 5) is 0. The van der Waals surface area contributed by atoms with E-state index in [0.29, 0.717) is 15.8 Å². The van der Waals surface area contributed by atoms with Crippen LogP contribution in [0, 0.1) is 0 Å². The molecule has 0 radical (unpaired) electrons. The van der Waals surface area contributed by atoms with Crippen molar-refractivity contribution >= 4 is 15.8 Å². The average Bonchev–Trinajstić information content (AvgIpc) is 3.54. The van der Waals surface area contributed by atoms with E-state index < -0.39 is 8.89 Å². The van der Waals surface area contributed by atoms with E-state index in [-0.39, 0.29) is 0 Å². The van der Waals surface area contributed by atoms with Crippen LogP contribution in [0.25, 0.3) is 0 Å². The van der Waals surface area contributed by atoms with Crippen molar-refractivity contribution in [3.8, 4) is 0 Å². The van der Waals surface area contributed by atoms with E-state index in [4.69, 9.17) is 0 Å². The van der Waals surface area contributed by atoms with E-state index in [1.165, 1.54) is 32.6 Å². The summed E-state index contributed by atoms with van der Waals surface area (Å²) in [5, 5.41) is 0. The fraction of sp³-hybridized carbons (Fsp3) is 1.00. The van der Waals surface area contributed by atoms with E-state index in [1.54, 1.807) is 58.4 Å². The van der Waals surface area contributed by atoms with Crippen molar-refractivity contribution in [2.75, 3.05) is 24.6 Å². The van der Waals surface area contributed by atoms with Crippen LogP contribution in [0.2, 0.25) is 33.8 Å². The van der Waals surface area contributed by atoms with E-state index in [0.717, 1.165) is 0 Å². The fourth-order valence-corrected chi connectivity index (χ4v) is 198. The summed E-state index contributed by atoms with van der Waals surface area (Å²) in [5.41, 5.74) is 0. The Kier molecular flexibility index (Phi) is 0.910. The topological polar surface area (TPSA) is 0 Å². The molecule has 0 aromatic carbocycles. The molecule has 4 unspecified atom stereocenters. The summed E-state index contributed by atoms with van der Waals surface area (Å²) in [6, 6.07) is 0. The zero-order valence-electron chi connectivity index (χ0n) is 16.7. The normalized spacial score (nSPS) is 88.4. The van der Waals surface area contributed by atoms with E-state index in [2.05, 4.69) is 27.7 Å². The molecular weight excluding hydrogens is 374 g/mol. The number of hydrogen-bond donors (Lipinski definition) is 0. The molecule has 138 valence electrons. The molecule has 10 rings (SSSR count). The van der Waals surface area contributed by atoms with Crippen molar-refractivity contribution in [1.82, 2.24) is 0 Å². The Morgan fingerprint density at radius 1 is 0.560 bits per heavy atom. The van der Waals surface area contributed by atoms with Crippen LogP contribution in [0.1, 0.15) is 53.4 Å². The molecule has 3 heteroatoms. The van der Waals surface area contributed by atoms with Gasteiger partial charge in [0, 0.05) is 0 Å². The number of fused-ring (bicyclic) bond motifs is 10. The summed E-state index contributed by atoms with van der Waals surface area (Å²) in [5.74, 6) is 0. The third kappa shape index (κ3) is 0.223. The van der Waals surface area contributed by atoms with Crippen LogP contribution in [0.15, 0.2) is 0 Å². The van der Waals surface area contributed by atoms with Crippen LogP contribution in [0.5, 0.6) is 0 Å². The Morgan fingerprint density at radius 2 is 0.880 bits per heavy atom. The van der Waals surface area contributed by atoms with E-state index >= 15 is 0 Å². The van der Waals surface area contributed by atoms with Crippen molar-refractivity contribution in [2.24, 2.45) is 0 Å². The van der Waals surface area contributed by atoms with Crippen molar-refractivity contribution in [2.45, 2.75) is 94.1 Å². The third-order valence-electron chi connectivity index (χ3n) is 23.2. The summed E-state index contributed by atoms with van der Waals surface area (Å²) < 4.78 is 15.1. The molecule has 0 aromatic rings. The van der Waals surface area contributed by atoms with Crippen LogP contribution in [-0.2, 0) is 8.89 Å². The van der Waals surface area contributed by atoms with Crippen LogP contribution in [0.4, 0.5) is 0 Å². The van der Waals surface area contributed by atoms with Crippen molar-refractivity contribution in [3.63, 3.8) is 0 Å². The molecule has 0 aromatic heterocycles. The van der Waals surface area contributed by atoms with Crippen molar-refractivity contribution < 1.29 is 8.89 Å². The minimum absolute atomic E-state index is 0.447. The molecule has 0 saturated carbocycles. The molecule has 10 fully saturated rings. The summed E-state index contributed by atoms with van der Waals surface area (Å²) in [7, 11) is -2.63. The van der Waals surface area contributed by atoms with Gasteiger partial charge in [-0.1, -0.05) is 0 Å². The van der Waals surface area contributed by atoms with Gasteiger partial charge < -0.3 is 0 Å². The Hall–Kier alpha value is 1.57. The van der Waals surface area contributed by atoms with Gasteiger partial charge in [-0.25, -0.2) is 0 Å². The zero-order valence-corrected chi connectivity index (χ0v) is 20.0. The summed E-state index contributed by atoms with van der Waals surface area (Å²) in [6.07, 6.45) is 13.0. The summed E-state index contributed by atoms with van der Waals surface area (Å²) in [6.45, 7) is 10.1. The van der Waals surface area contributed by atoms with Crippen molar-refractivity contribution in [3.05, 3.63) is 0 Å². The molecule has 0 amide bonds. The molecule has 0 bridgehead atoms. The van der Waals surface area contributed by atoms with Crippen LogP contribution in [0.3, 0.4) is 0 Å². The standard InChI is InChI=1S/C17H31P2.C5H5.Ti/c1-5-12-18(13-6-2)16-10-9-11-17(16)19(14-7-3)15-8-4;1-2-4-5-3-1;/h9-11H,5-8,12-15H2,1-4H3;1-5H;. The molecule has 10 heterocycles. The van der Waals surface area contributed by atoms with Gasteiger partial charge in [0.1, 0.15) is 0 Å². The van der Waals surface area contributed by atoms with Gasteiger partial charge in [0.15, 0.2) is 0 Å². The predicted octanol–water partition coefficient (Wildman–Crippen LogP) is 7.79. The third-order valence-corrected chi connectivity index (χ3v) is 104. The maximum absolute atomic E-state index is 3.52. The Labute approximate surface area is 143 Å². The van der Waals surface area contributed by atoms with Gasteiger partial charge in [-0.05, 0) is 0 Å². The molecular formula is C22H36P2Ti. The average molecular weight is 410 g/mol. The van der Waals surface area contributed by atoms with Crippen molar-refractivity contribution in [1.29, 1.82) is 0 Å². The quantitative estimate of drug-likeness (QED) is 0.255. The second kappa shape index (κ2) is 1.66. The first-order valence-electron chi connectivity index (χ1n) is 12.5. The van der Waals surface area contributed by atoms with Gasteiger partial charge >= 0.3 is 143 Å². The molecule has 0 N–H and O–H groups in total. The van der Waals surface area contributed by atoms with Crippen LogP contribution in [-0.4, -0.2) is 31.6 Å². The molecule has 1 spiro atoms. The predicted molar refractivity (Wildman–Crippen MR) is 110 cm³/mol. The van der Waals surface area contributed by atoms with E-state index in [9.17, 15) is 0 Å². The molecule has 0 nitrogen and oxygen atoms in total. The zero-order chi connectivity index (χ0) is 16.7. The minimum atomic E-state index is -3.52. The number of hydrogen-bond acceptors (Lipinski definition) is 0.